The van der Waals surface area contributed by atoms with Crippen LogP contribution in [0.15, 0.2) is 54.6 Å². The van der Waals surface area contributed by atoms with Crippen LogP contribution >= 0.6 is 0 Å². The summed E-state index contributed by atoms with van der Waals surface area (Å²) in [4.78, 5) is 47.8. The van der Waals surface area contributed by atoms with Gasteiger partial charge in [0.25, 0.3) is 11.8 Å². The monoisotopic (exact) mass is 411 g/mol. The van der Waals surface area contributed by atoms with Gasteiger partial charge in [-0.25, -0.2) is 4.79 Å². The Kier molecular flexibility index (Phi) is 8.10. The molecule has 0 saturated heterocycles. The van der Waals surface area contributed by atoms with Gasteiger partial charge in [0, 0.05) is 23.9 Å². The number of anilines is 2. The molecule has 0 saturated carbocycles. The Balaban J connectivity index is 1.87. The third-order valence-corrected chi connectivity index (χ3v) is 4.08. The van der Waals surface area contributed by atoms with Gasteiger partial charge < -0.3 is 20.7 Å². The molecule has 0 aromatic heterocycles. The van der Waals surface area contributed by atoms with Crippen LogP contribution in [0.4, 0.5) is 11.4 Å². The van der Waals surface area contributed by atoms with E-state index in [-0.39, 0.29) is 11.8 Å². The summed E-state index contributed by atoms with van der Waals surface area (Å²) >= 11 is 0. The van der Waals surface area contributed by atoms with Crippen molar-refractivity contribution in [2.45, 2.75) is 26.8 Å². The Morgan fingerprint density at radius 1 is 0.867 bits per heavy atom. The summed E-state index contributed by atoms with van der Waals surface area (Å²) in [5, 5.41) is 7.86. The average molecular weight is 411 g/mol. The molecule has 2 aromatic carbocycles. The average Bonchev–Trinajstić information content (AvgIpc) is 2.71. The van der Waals surface area contributed by atoms with Gasteiger partial charge in [-0.15, -0.1) is 0 Å². The number of ether oxygens (including phenoxy) is 1. The van der Waals surface area contributed by atoms with E-state index in [4.69, 9.17) is 4.74 Å². The van der Waals surface area contributed by atoms with E-state index in [1.165, 1.54) is 6.92 Å². The van der Waals surface area contributed by atoms with Crippen molar-refractivity contribution in [1.29, 1.82) is 0 Å². The summed E-state index contributed by atoms with van der Waals surface area (Å²) in [6.07, 6.45) is 0. The molecule has 30 heavy (non-hydrogen) atoms. The highest BCUT2D eigenvalue weighted by Crippen LogP contribution is 2.13. The molecule has 0 aliphatic carbocycles. The maximum absolute atomic E-state index is 12.4. The number of hydrogen-bond acceptors (Lipinski definition) is 5. The zero-order chi connectivity index (χ0) is 22.1. The zero-order valence-corrected chi connectivity index (χ0v) is 17.1. The van der Waals surface area contributed by atoms with Crippen LogP contribution in [0.5, 0.6) is 0 Å². The topological polar surface area (TPSA) is 114 Å². The summed E-state index contributed by atoms with van der Waals surface area (Å²) in [5.74, 6) is -2.03. The lowest BCUT2D eigenvalue weighted by molar-refractivity contribution is -0.150. The van der Waals surface area contributed by atoms with Crippen LogP contribution < -0.4 is 16.0 Å². The predicted molar refractivity (Wildman–Crippen MR) is 113 cm³/mol. The molecule has 0 radical (unpaired) electrons. The van der Waals surface area contributed by atoms with E-state index in [9.17, 15) is 19.2 Å². The highest BCUT2D eigenvalue weighted by molar-refractivity contribution is 5.97. The number of benzene rings is 2. The molecular weight excluding hydrogens is 386 g/mol. The van der Waals surface area contributed by atoms with Crippen molar-refractivity contribution < 1.29 is 23.9 Å². The summed E-state index contributed by atoms with van der Waals surface area (Å²) in [6.45, 7) is 4.45. The molecule has 8 heteroatoms. The van der Waals surface area contributed by atoms with Crippen molar-refractivity contribution in [3.05, 3.63) is 60.2 Å². The molecule has 158 valence electrons. The van der Waals surface area contributed by atoms with Crippen LogP contribution in [-0.4, -0.2) is 36.3 Å². The number of amides is 3. The first-order valence-corrected chi connectivity index (χ1v) is 9.46. The van der Waals surface area contributed by atoms with Crippen LogP contribution in [0.3, 0.4) is 0 Å². The van der Waals surface area contributed by atoms with Crippen LogP contribution in [0.25, 0.3) is 0 Å². The lowest BCUT2D eigenvalue weighted by atomic mass is 10.0. The standard InChI is InChI=1S/C22H25N3O5/c1-14(2)20(25-21(28)16-7-5-4-6-8-16)22(29)30-13-19(27)24-18-11-9-17(10-12-18)23-15(3)26/h4-12,14,20H,13H2,1-3H3,(H,23,26)(H,24,27)(H,25,28)/t20-/m0/s1. The molecule has 2 rings (SSSR count). The van der Waals surface area contributed by atoms with Gasteiger partial charge in [0.1, 0.15) is 6.04 Å². The lowest BCUT2D eigenvalue weighted by Crippen LogP contribution is -2.45. The molecule has 0 aliphatic heterocycles. The summed E-state index contributed by atoms with van der Waals surface area (Å²) in [6, 6.07) is 14.1. The van der Waals surface area contributed by atoms with Crippen LogP contribution in [0.2, 0.25) is 0 Å². The third-order valence-electron chi connectivity index (χ3n) is 4.08. The molecule has 0 bridgehead atoms. The molecule has 3 N–H and O–H groups in total. The minimum Gasteiger partial charge on any atom is -0.454 e. The first-order chi connectivity index (χ1) is 14.3. The second kappa shape index (κ2) is 10.8. The van der Waals surface area contributed by atoms with Gasteiger partial charge >= 0.3 is 5.97 Å². The first-order valence-electron chi connectivity index (χ1n) is 9.46. The predicted octanol–water partition coefficient (Wildman–Crippen LogP) is 2.58. The van der Waals surface area contributed by atoms with Gasteiger partial charge in [0.2, 0.25) is 5.91 Å². The minimum atomic E-state index is -0.887. The number of nitrogens with one attached hydrogen (secondary N) is 3. The number of hydrogen-bond donors (Lipinski definition) is 3. The third kappa shape index (κ3) is 7.05. The van der Waals surface area contributed by atoms with E-state index in [1.54, 1.807) is 68.4 Å². The first kappa shape index (κ1) is 22.6. The highest BCUT2D eigenvalue weighted by atomic mass is 16.5. The van der Waals surface area contributed by atoms with Crippen molar-refractivity contribution in [1.82, 2.24) is 5.32 Å². The van der Waals surface area contributed by atoms with Gasteiger partial charge in [-0.1, -0.05) is 32.0 Å². The molecular formula is C22H25N3O5. The second-order valence-electron chi connectivity index (χ2n) is 6.98. The maximum atomic E-state index is 12.4. The Morgan fingerprint density at radius 3 is 1.97 bits per heavy atom. The molecule has 8 nitrogen and oxygen atoms in total. The molecule has 0 fully saturated rings. The van der Waals surface area contributed by atoms with Crippen molar-refractivity contribution in [2.75, 3.05) is 17.2 Å². The molecule has 0 unspecified atom stereocenters. The van der Waals surface area contributed by atoms with E-state index in [2.05, 4.69) is 16.0 Å². The molecule has 2 aromatic rings. The largest absolute Gasteiger partial charge is 0.454 e. The number of esters is 1. The number of rotatable bonds is 8. The number of carbonyl (C=O) groups is 4. The lowest BCUT2D eigenvalue weighted by Gasteiger charge is -2.20. The van der Waals surface area contributed by atoms with E-state index >= 15 is 0 Å². The van der Waals surface area contributed by atoms with Crippen molar-refractivity contribution in [2.24, 2.45) is 5.92 Å². The molecule has 0 heterocycles. The van der Waals surface area contributed by atoms with E-state index in [0.29, 0.717) is 16.9 Å². The minimum absolute atomic E-state index is 0.197. The van der Waals surface area contributed by atoms with Crippen LogP contribution in [-0.2, 0) is 19.1 Å². The van der Waals surface area contributed by atoms with E-state index in [0.717, 1.165) is 0 Å². The smallest absolute Gasteiger partial charge is 0.329 e. The van der Waals surface area contributed by atoms with Crippen LogP contribution in [0.1, 0.15) is 31.1 Å². The Labute approximate surface area is 175 Å². The summed E-state index contributed by atoms with van der Waals surface area (Å²) in [7, 11) is 0. The van der Waals surface area contributed by atoms with Gasteiger partial charge in [0.05, 0.1) is 0 Å². The zero-order valence-electron chi connectivity index (χ0n) is 17.1. The fourth-order valence-corrected chi connectivity index (χ4v) is 2.58. The van der Waals surface area contributed by atoms with Crippen molar-refractivity contribution in [3.63, 3.8) is 0 Å². The fourth-order valence-electron chi connectivity index (χ4n) is 2.58. The van der Waals surface area contributed by atoms with Crippen molar-refractivity contribution >= 4 is 35.1 Å². The molecule has 1 atom stereocenters. The quantitative estimate of drug-likeness (QED) is 0.578. The SMILES string of the molecule is CC(=O)Nc1ccc(NC(=O)COC(=O)[C@@H](NC(=O)c2ccccc2)C(C)C)cc1. The number of carbonyl (C=O) groups excluding carboxylic acids is 4. The summed E-state index contributed by atoms with van der Waals surface area (Å²) in [5.41, 5.74) is 1.51. The van der Waals surface area contributed by atoms with E-state index < -0.39 is 30.4 Å². The summed E-state index contributed by atoms with van der Waals surface area (Å²) < 4.78 is 5.09. The Hall–Kier alpha value is -3.68. The molecule has 3 amide bonds. The normalized spacial score (nSPS) is 11.3. The van der Waals surface area contributed by atoms with Crippen LogP contribution in [0, 0.1) is 5.92 Å². The molecule has 0 spiro atoms. The van der Waals surface area contributed by atoms with Gasteiger partial charge in [-0.05, 0) is 42.3 Å². The van der Waals surface area contributed by atoms with E-state index in [1.807, 2.05) is 0 Å². The Morgan fingerprint density at radius 2 is 1.43 bits per heavy atom. The van der Waals surface area contributed by atoms with Crippen molar-refractivity contribution in [3.8, 4) is 0 Å². The van der Waals surface area contributed by atoms with Gasteiger partial charge in [0.15, 0.2) is 6.61 Å². The van der Waals surface area contributed by atoms with Gasteiger partial charge in [-0.3, -0.25) is 14.4 Å². The fraction of sp³-hybridized carbons (Fsp3) is 0.273. The maximum Gasteiger partial charge on any atom is 0.329 e. The Bertz CT molecular complexity index is 895. The van der Waals surface area contributed by atoms with Gasteiger partial charge in [-0.2, -0.15) is 0 Å². The highest BCUT2D eigenvalue weighted by Gasteiger charge is 2.26. The second-order valence-corrected chi connectivity index (χ2v) is 6.98. The molecule has 0 aliphatic rings.